The van der Waals surface area contributed by atoms with Crippen molar-refractivity contribution in [1.82, 2.24) is 4.31 Å². The summed E-state index contributed by atoms with van der Waals surface area (Å²) in [5.74, 6) is 0.268. The maximum Gasteiger partial charge on any atom is 0.255 e. The van der Waals surface area contributed by atoms with Crippen molar-refractivity contribution < 1.29 is 22.7 Å². The van der Waals surface area contributed by atoms with Crippen LogP contribution in [0.25, 0.3) is 0 Å². The van der Waals surface area contributed by atoms with Crippen LogP contribution in [0.2, 0.25) is 0 Å². The number of nitrogens with one attached hydrogen (secondary N) is 1. The molecule has 0 spiro atoms. The Bertz CT molecular complexity index is 943. The fourth-order valence-electron chi connectivity index (χ4n) is 2.68. The van der Waals surface area contributed by atoms with Gasteiger partial charge in [-0.2, -0.15) is 4.31 Å². The zero-order valence-electron chi connectivity index (χ0n) is 14.6. The quantitative estimate of drug-likeness (QED) is 0.750. The first-order valence-electron chi connectivity index (χ1n) is 8.24. The summed E-state index contributed by atoms with van der Waals surface area (Å²) in [7, 11) is -2.08. The van der Waals surface area contributed by atoms with E-state index in [9.17, 15) is 13.2 Å². The Morgan fingerprint density at radius 3 is 2.59 bits per heavy atom. The maximum absolute atomic E-state index is 12.7. The van der Waals surface area contributed by atoms with Gasteiger partial charge in [-0.3, -0.25) is 4.79 Å². The van der Waals surface area contributed by atoms with E-state index in [1.54, 1.807) is 37.4 Å². The summed E-state index contributed by atoms with van der Waals surface area (Å²) in [6.07, 6.45) is 0. The smallest absolute Gasteiger partial charge is 0.255 e. The van der Waals surface area contributed by atoms with Crippen molar-refractivity contribution in [2.24, 2.45) is 0 Å². The Morgan fingerprint density at radius 2 is 1.93 bits per heavy atom. The lowest BCUT2D eigenvalue weighted by atomic mass is 10.2. The van der Waals surface area contributed by atoms with Crippen molar-refractivity contribution in [2.75, 3.05) is 38.7 Å². The van der Waals surface area contributed by atoms with Gasteiger partial charge in [-0.05, 0) is 52.3 Å². The molecule has 0 radical (unpaired) electrons. The number of benzene rings is 2. The van der Waals surface area contributed by atoms with Crippen LogP contribution < -0.4 is 10.1 Å². The third kappa shape index (κ3) is 4.49. The molecule has 1 aliphatic heterocycles. The number of methoxy groups -OCH3 is 1. The van der Waals surface area contributed by atoms with Gasteiger partial charge in [0.05, 0.1) is 29.7 Å². The highest BCUT2D eigenvalue weighted by Crippen LogP contribution is 2.26. The van der Waals surface area contributed by atoms with E-state index in [1.165, 1.54) is 16.4 Å². The standard InChI is InChI=1S/C18H19BrN2O5S/c1-25-17-6-5-13(11-16(17)19)18(22)20-14-3-2-4-15(12-14)27(23,24)21-7-9-26-10-8-21/h2-6,11-12H,7-10H2,1H3,(H,20,22). The van der Waals surface area contributed by atoms with Crippen molar-refractivity contribution in [3.05, 3.63) is 52.5 Å². The van der Waals surface area contributed by atoms with Crippen LogP contribution in [0, 0.1) is 0 Å². The van der Waals surface area contributed by atoms with E-state index in [-0.39, 0.29) is 10.8 Å². The topological polar surface area (TPSA) is 84.9 Å². The predicted octanol–water partition coefficient (Wildman–Crippen LogP) is 2.73. The van der Waals surface area contributed by atoms with E-state index < -0.39 is 10.0 Å². The second-order valence-electron chi connectivity index (χ2n) is 5.85. The number of hydrogen-bond donors (Lipinski definition) is 1. The van der Waals surface area contributed by atoms with E-state index in [4.69, 9.17) is 9.47 Å². The molecule has 0 aromatic heterocycles. The molecule has 1 N–H and O–H groups in total. The number of sulfonamides is 1. The first-order valence-corrected chi connectivity index (χ1v) is 10.5. The Balaban J connectivity index is 1.79. The van der Waals surface area contributed by atoms with E-state index in [2.05, 4.69) is 21.2 Å². The second-order valence-corrected chi connectivity index (χ2v) is 8.64. The molecule has 1 heterocycles. The van der Waals surface area contributed by atoms with Crippen molar-refractivity contribution in [3.63, 3.8) is 0 Å². The molecule has 144 valence electrons. The molecule has 0 saturated carbocycles. The van der Waals surface area contributed by atoms with Crippen LogP contribution >= 0.6 is 15.9 Å². The third-order valence-corrected chi connectivity index (χ3v) is 6.63. The van der Waals surface area contributed by atoms with Gasteiger partial charge in [0.15, 0.2) is 0 Å². The fraction of sp³-hybridized carbons (Fsp3) is 0.278. The number of rotatable bonds is 5. The molecule has 2 aromatic carbocycles. The zero-order valence-corrected chi connectivity index (χ0v) is 17.0. The number of carbonyl (C=O) groups is 1. The summed E-state index contributed by atoms with van der Waals surface area (Å²) in [6.45, 7) is 1.39. The first kappa shape index (κ1) is 19.8. The van der Waals surface area contributed by atoms with Crippen molar-refractivity contribution in [2.45, 2.75) is 4.90 Å². The van der Waals surface area contributed by atoms with Gasteiger partial charge >= 0.3 is 0 Å². The largest absolute Gasteiger partial charge is 0.496 e. The van der Waals surface area contributed by atoms with Crippen LogP contribution in [0.5, 0.6) is 5.75 Å². The minimum absolute atomic E-state index is 0.137. The minimum atomic E-state index is -3.62. The molecule has 0 unspecified atom stereocenters. The van der Waals surface area contributed by atoms with Gasteiger partial charge < -0.3 is 14.8 Å². The SMILES string of the molecule is COc1ccc(C(=O)Nc2cccc(S(=O)(=O)N3CCOCC3)c2)cc1Br. The number of amides is 1. The Hall–Kier alpha value is -1.94. The van der Waals surface area contributed by atoms with Gasteiger partial charge in [-0.25, -0.2) is 8.42 Å². The summed E-state index contributed by atoms with van der Waals surface area (Å²) in [4.78, 5) is 12.6. The van der Waals surface area contributed by atoms with Crippen LogP contribution in [0.4, 0.5) is 5.69 Å². The Kier molecular flexibility index (Phi) is 6.15. The summed E-state index contributed by atoms with van der Waals surface area (Å²) in [6, 6.07) is 11.2. The molecule has 7 nitrogen and oxygen atoms in total. The average molecular weight is 455 g/mol. The van der Waals surface area contributed by atoms with Crippen molar-refractivity contribution in [3.8, 4) is 5.75 Å². The van der Waals surface area contributed by atoms with E-state index in [0.29, 0.717) is 47.8 Å². The number of halogens is 1. The highest BCUT2D eigenvalue weighted by molar-refractivity contribution is 9.10. The summed E-state index contributed by atoms with van der Waals surface area (Å²) in [5.41, 5.74) is 0.824. The summed E-state index contributed by atoms with van der Waals surface area (Å²) in [5, 5.41) is 2.73. The highest BCUT2D eigenvalue weighted by Gasteiger charge is 2.26. The van der Waals surface area contributed by atoms with Crippen molar-refractivity contribution >= 4 is 37.5 Å². The lowest BCUT2D eigenvalue weighted by molar-refractivity contribution is 0.0730. The minimum Gasteiger partial charge on any atom is -0.496 e. The number of morpholine rings is 1. The molecule has 1 amide bonds. The maximum atomic E-state index is 12.7. The van der Waals surface area contributed by atoms with Crippen molar-refractivity contribution in [1.29, 1.82) is 0 Å². The molecular formula is C18H19BrN2O5S. The van der Waals surface area contributed by atoms with E-state index in [1.807, 2.05) is 0 Å². The van der Waals surface area contributed by atoms with Gasteiger partial charge in [-0.1, -0.05) is 6.07 Å². The first-order chi connectivity index (χ1) is 12.9. The molecule has 2 aromatic rings. The van der Waals surface area contributed by atoms with Gasteiger partial charge in [0.1, 0.15) is 5.75 Å². The van der Waals surface area contributed by atoms with Crippen LogP contribution in [0.1, 0.15) is 10.4 Å². The van der Waals surface area contributed by atoms with Gasteiger partial charge in [-0.15, -0.1) is 0 Å². The van der Waals surface area contributed by atoms with Gasteiger partial charge in [0.25, 0.3) is 5.91 Å². The molecule has 1 saturated heterocycles. The second kappa shape index (κ2) is 8.39. The van der Waals surface area contributed by atoms with Gasteiger partial charge in [0.2, 0.25) is 10.0 Å². The lowest BCUT2D eigenvalue weighted by Gasteiger charge is -2.26. The lowest BCUT2D eigenvalue weighted by Crippen LogP contribution is -2.40. The highest BCUT2D eigenvalue weighted by atomic mass is 79.9. The molecule has 1 fully saturated rings. The zero-order chi connectivity index (χ0) is 19.4. The average Bonchev–Trinajstić information content (AvgIpc) is 2.68. The van der Waals surface area contributed by atoms with Crippen LogP contribution in [0.3, 0.4) is 0 Å². The molecule has 0 bridgehead atoms. The number of anilines is 1. The van der Waals surface area contributed by atoms with Crippen LogP contribution in [-0.2, 0) is 14.8 Å². The number of carbonyl (C=O) groups excluding carboxylic acids is 1. The summed E-state index contributed by atoms with van der Waals surface area (Å²) < 4.78 is 37.9. The Morgan fingerprint density at radius 1 is 1.19 bits per heavy atom. The molecule has 0 atom stereocenters. The monoisotopic (exact) mass is 454 g/mol. The van der Waals surface area contributed by atoms with E-state index >= 15 is 0 Å². The molecule has 3 rings (SSSR count). The molecule has 27 heavy (non-hydrogen) atoms. The van der Waals surface area contributed by atoms with E-state index in [0.717, 1.165) is 0 Å². The molecule has 9 heteroatoms. The van der Waals surface area contributed by atoms with Crippen LogP contribution in [0.15, 0.2) is 51.8 Å². The van der Waals surface area contributed by atoms with Gasteiger partial charge in [0, 0.05) is 24.3 Å². The molecule has 0 aliphatic carbocycles. The fourth-order valence-corrected chi connectivity index (χ4v) is 4.68. The normalized spacial score (nSPS) is 15.3. The van der Waals surface area contributed by atoms with Crippen LogP contribution in [-0.4, -0.2) is 52.0 Å². The summed E-state index contributed by atoms with van der Waals surface area (Å²) >= 11 is 3.34. The third-order valence-electron chi connectivity index (χ3n) is 4.11. The number of nitrogens with zero attached hydrogens (tertiary/aromatic N) is 1. The molecular weight excluding hydrogens is 436 g/mol. The molecule has 1 aliphatic rings. The predicted molar refractivity (Wildman–Crippen MR) is 105 cm³/mol. The number of hydrogen-bond acceptors (Lipinski definition) is 5. The Labute approximate surface area is 166 Å². The number of ether oxygens (including phenoxy) is 2.